The highest BCUT2D eigenvalue weighted by Gasteiger charge is 2.23. The summed E-state index contributed by atoms with van der Waals surface area (Å²) >= 11 is 0. The second kappa shape index (κ2) is 5.76. The zero-order chi connectivity index (χ0) is 13.9. The third-order valence-corrected chi connectivity index (χ3v) is 4.18. The Bertz CT molecular complexity index is 554. The van der Waals surface area contributed by atoms with Gasteiger partial charge in [0.05, 0.1) is 6.20 Å². The molecule has 2 N–H and O–H groups in total. The molecule has 0 bridgehead atoms. The van der Waals surface area contributed by atoms with Crippen molar-refractivity contribution in [2.45, 2.75) is 19.4 Å². The van der Waals surface area contributed by atoms with E-state index >= 15 is 0 Å². The molecule has 0 aliphatic carbocycles. The van der Waals surface area contributed by atoms with Gasteiger partial charge in [0, 0.05) is 51.2 Å². The topological polar surface area (TPSA) is 62.7 Å². The fourth-order valence-electron chi connectivity index (χ4n) is 2.96. The lowest BCUT2D eigenvalue weighted by Gasteiger charge is -2.39. The maximum atomic E-state index is 5.84. The average molecular weight is 274 g/mol. The van der Waals surface area contributed by atoms with Crippen molar-refractivity contribution in [2.24, 2.45) is 5.73 Å². The Hall–Kier alpha value is -1.66. The molecule has 20 heavy (non-hydrogen) atoms. The summed E-state index contributed by atoms with van der Waals surface area (Å²) in [6, 6.07) is 2.53. The monoisotopic (exact) mass is 274 g/mol. The Morgan fingerprint density at radius 3 is 2.75 bits per heavy atom. The lowest BCUT2D eigenvalue weighted by atomic mass is 10.1. The van der Waals surface area contributed by atoms with Crippen molar-refractivity contribution in [3.05, 3.63) is 24.7 Å². The van der Waals surface area contributed by atoms with Crippen molar-refractivity contribution < 1.29 is 0 Å². The van der Waals surface area contributed by atoms with Gasteiger partial charge in [-0.25, -0.2) is 9.50 Å². The molecule has 6 heteroatoms. The van der Waals surface area contributed by atoms with Gasteiger partial charge in [-0.3, -0.25) is 4.90 Å². The molecule has 1 fully saturated rings. The molecule has 3 rings (SSSR count). The number of nitrogens with two attached hydrogens (primary N) is 1. The van der Waals surface area contributed by atoms with Crippen molar-refractivity contribution in [1.29, 1.82) is 0 Å². The number of nitrogens with zero attached hydrogens (tertiary/aromatic N) is 5. The molecule has 6 nitrogen and oxygen atoms in total. The normalized spacial score (nSPS) is 18.6. The quantitative estimate of drug-likeness (QED) is 0.884. The minimum absolute atomic E-state index is 0.510. The largest absolute Gasteiger partial charge is 0.352 e. The number of anilines is 1. The van der Waals surface area contributed by atoms with Crippen LogP contribution in [0.3, 0.4) is 0 Å². The van der Waals surface area contributed by atoms with E-state index in [0.29, 0.717) is 6.04 Å². The predicted octanol–water partition coefficient (Wildman–Crippen LogP) is 0.589. The number of hydrogen-bond donors (Lipinski definition) is 1. The van der Waals surface area contributed by atoms with E-state index in [-0.39, 0.29) is 0 Å². The first-order chi connectivity index (χ1) is 9.83. The summed E-state index contributed by atoms with van der Waals surface area (Å²) in [7, 11) is 0. The van der Waals surface area contributed by atoms with Gasteiger partial charge in [0.15, 0.2) is 5.82 Å². The van der Waals surface area contributed by atoms with E-state index < -0.39 is 0 Å². The molecular formula is C14H22N6. The lowest BCUT2D eigenvalue weighted by Crippen LogP contribution is -2.52. The SMILES string of the molecule is CCC(CN)N1CCN(c2nccn3nccc23)CC1. The number of piperazine rings is 1. The molecule has 0 amide bonds. The van der Waals surface area contributed by atoms with Gasteiger partial charge in [-0.1, -0.05) is 6.92 Å². The number of rotatable bonds is 4. The van der Waals surface area contributed by atoms with Gasteiger partial charge in [0.25, 0.3) is 0 Å². The second-order valence-electron chi connectivity index (χ2n) is 5.23. The molecule has 0 spiro atoms. The van der Waals surface area contributed by atoms with Crippen LogP contribution in [0.1, 0.15) is 13.3 Å². The molecule has 1 unspecified atom stereocenters. The van der Waals surface area contributed by atoms with Gasteiger partial charge in [-0.05, 0) is 12.5 Å². The van der Waals surface area contributed by atoms with Crippen LogP contribution >= 0.6 is 0 Å². The van der Waals surface area contributed by atoms with Gasteiger partial charge in [-0.2, -0.15) is 5.10 Å². The molecule has 0 saturated carbocycles. The van der Waals surface area contributed by atoms with Crippen molar-refractivity contribution >= 4 is 11.3 Å². The number of hydrogen-bond acceptors (Lipinski definition) is 5. The molecule has 1 atom stereocenters. The van der Waals surface area contributed by atoms with E-state index in [1.54, 1.807) is 0 Å². The zero-order valence-electron chi connectivity index (χ0n) is 11.9. The highest BCUT2D eigenvalue weighted by molar-refractivity contribution is 5.68. The summed E-state index contributed by atoms with van der Waals surface area (Å²) < 4.78 is 1.88. The summed E-state index contributed by atoms with van der Waals surface area (Å²) in [6.07, 6.45) is 6.64. The first-order valence-corrected chi connectivity index (χ1v) is 7.31. The van der Waals surface area contributed by atoms with Crippen LogP contribution in [0.2, 0.25) is 0 Å². The number of aromatic nitrogens is 3. The Labute approximate surface area is 119 Å². The van der Waals surface area contributed by atoms with Crippen LogP contribution in [0, 0.1) is 0 Å². The summed E-state index contributed by atoms with van der Waals surface area (Å²) in [5.41, 5.74) is 6.92. The van der Waals surface area contributed by atoms with E-state index in [1.807, 2.05) is 29.2 Å². The Morgan fingerprint density at radius 1 is 1.25 bits per heavy atom. The molecule has 2 aromatic rings. The van der Waals surface area contributed by atoms with Crippen LogP contribution in [0.25, 0.3) is 5.52 Å². The molecule has 3 heterocycles. The number of fused-ring (bicyclic) bond motifs is 1. The Morgan fingerprint density at radius 2 is 2.05 bits per heavy atom. The maximum Gasteiger partial charge on any atom is 0.154 e. The predicted molar refractivity (Wildman–Crippen MR) is 79.9 cm³/mol. The van der Waals surface area contributed by atoms with Crippen molar-refractivity contribution in [2.75, 3.05) is 37.6 Å². The van der Waals surface area contributed by atoms with E-state index in [1.165, 1.54) is 0 Å². The van der Waals surface area contributed by atoms with Gasteiger partial charge >= 0.3 is 0 Å². The van der Waals surface area contributed by atoms with Crippen LogP contribution in [0.4, 0.5) is 5.82 Å². The summed E-state index contributed by atoms with van der Waals surface area (Å²) in [4.78, 5) is 9.37. The fourth-order valence-corrected chi connectivity index (χ4v) is 2.96. The minimum atomic E-state index is 0.510. The lowest BCUT2D eigenvalue weighted by molar-refractivity contribution is 0.184. The first-order valence-electron chi connectivity index (χ1n) is 7.31. The summed E-state index contributed by atoms with van der Waals surface area (Å²) in [6.45, 7) is 7.04. The smallest absolute Gasteiger partial charge is 0.154 e. The van der Waals surface area contributed by atoms with Crippen molar-refractivity contribution in [3.8, 4) is 0 Å². The van der Waals surface area contributed by atoms with Crippen LogP contribution in [-0.4, -0.2) is 58.3 Å². The van der Waals surface area contributed by atoms with Crippen LogP contribution in [-0.2, 0) is 0 Å². The molecule has 0 radical (unpaired) electrons. The molecule has 108 valence electrons. The van der Waals surface area contributed by atoms with Crippen molar-refractivity contribution in [3.63, 3.8) is 0 Å². The Kier molecular flexibility index (Phi) is 3.84. The molecule has 0 aromatic carbocycles. The fraction of sp³-hybridized carbons (Fsp3) is 0.571. The van der Waals surface area contributed by atoms with Crippen molar-refractivity contribution in [1.82, 2.24) is 19.5 Å². The van der Waals surface area contributed by atoms with Crippen LogP contribution < -0.4 is 10.6 Å². The highest BCUT2D eigenvalue weighted by atomic mass is 15.3. The third-order valence-electron chi connectivity index (χ3n) is 4.18. The minimum Gasteiger partial charge on any atom is -0.352 e. The van der Waals surface area contributed by atoms with E-state index in [9.17, 15) is 0 Å². The van der Waals surface area contributed by atoms with Crippen LogP contribution in [0.15, 0.2) is 24.7 Å². The summed E-state index contributed by atoms with van der Waals surface area (Å²) in [5.74, 6) is 1.03. The van der Waals surface area contributed by atoms with Crippen LogP contribution in [0.5, 0.6) is 0 Å². The van der Waals surface area contributed by atoms with Gasteiger partial charge in [-0.15, -0.1) is 0 Å². The standard InChI is InChI=1S/C14H22N6/c1-2-12(11-15)18-7-9-19(10-8-18)14-13-3-4-17-20(13)6-5-16-14/h3-6,12H,2,7-11,15H2,1H3. The molecule has 2 aromatic heterocycles. The maximum absolute atomic E-state index is 5.84. The van der Waals surface area contributed by atoms with Gasteiger partial charge < -0.3 is 10.6 Å². The first kappa shape index (κ1) is 13.3. The second-order valence-corrected chi connectivity index (χ2v) is 5.23. The third kappa shape index (κ3) is 2.36. The zero-order valence-corrected chi connectivity index (χ0v) is 11.9. The summed E-state index contributed by atoms with van der Waals surface area (Å²) in [5, 5.41) is 4.27. The van der Waals surface area contributed by atoms with Gasteiger partial charge in [0.2, 0.25) is 0 Å². The molecule has 1 aliphatic rings. The van der Waals surface area contributed by atoms with E-state index in [0.717, 1.165) is 50.5 Å². The van der Waals surface area contributed by atoms with Gasteiger partial charge in [0.1, 0.15) is 5.52 Å². The molecule has 1 aliphatic heterocycles. The van der Waals surface area contributed by atoms with E-state index in [2.05, 4.69) is 26.8 Å². The average Bonchev–Trinajstić information content (AvgIpc) is 2.98. The molecule has 1 saturated heterocycles. The highest BCUT2D eigenvalue weighted by Crippen LogP contribution is 2.20. The van der Waals surface area contributed by atoms with E-state index in [4.69, 9.17) is 5.73 Å². The molecular weight excluding hydrogens is 252 g/mol. The Balaban J connectivity index is 1.73.